The second-order valence-corrected chi connectivity index (χ2v) is 2.80. The van der Waals surface area contributed by atoms with Crippen molar-refractivity contribution in [1.29, 1.82) is 0 Å². The maximum atomic E-state index is 5.08. The Bertz CT molecular complexity index is 102. The maximum Gasteiger partial charge on any atom is 0.0573 e. The van der Waals surface area contributed by atoms with E-state index in [9.17, 15) is 0 Å². The number of nitrogens with one attached hydrogen (secondary N) is 1. The van der Waals surface area contributed by atoms with E-state index >= 15 is 0 Å². The Kier molecular flexibility index (Phi) is 9.10. The summed E-state index contributed by atoms with van der Waals surface area (Å²) in [6.45, 7) is 4.03. The van der Waals surface area contributed by atoms with Crippen molar-refractivity contribution in [3.8, 4) is 12.3 Å². The van der Waals surface area contributed by atoms with E-state index < -0.39 is 0 Å². The molecule has 0 aromatic carbocycles. The Balaban J connectivity index is 2.75. The average Bonchev–Trinajstić information content (AvgIpc) is 2.03. The molecule has 1 heteroatoms. The molecule has 0 aromatic heterocycles. The molecule has 0 radical (unpaired) electrons. The van der Waals surface area contributed by atoms with Crippen molar-refractivity contribution in [1.82, 2.24) is 5.32 Å². The van der Waals surface area contributed by atoms with Gasteiger partial charge in [-0.15, -0.1) is 6.42 Å². The van der Waals surface area contributed by atoms with Crippen molar-refractivity contribution in [2.24, 2.45) is 0 Å². The van der Waals surface area contributed by atoms with Crippen LogP contribution < -0.4 is 5.32 Å². The van der Waals surface area contributed by atoms with Crippen molar-refractivity contribution in [2.45, 2.75) is 39.0 Å². The molecule has 0 rings (SSSR count). The van der Waals surface area contributed by atoms with Gasteiger partial charge >= 0.3 is 0 Å². The lowest BCUT2D eigenvalue weighted by Crippen LogP contribution is -2.14. The fourth-order valence-electron chi connectivity index (χ4n) is 1.01. The molecule has 0 bridgehead atoms. The summed E-state index contributed by atoms with van der Waals surface area (Å²) in [4.78, 5) is 0. The summed E-state index contributed by atoms with van der Waals surface area (Å²) in [6.07, 6.45) is 11.7. The van der Waals surface area contributed by atoms with Crippen LogP contribution >= 0.6 is 0 Å². The lowest BCUT2D eigenvalue weighted by Gasteiger charge is -1.99. The van der Waals surface area contributed by atoms with Gasteiger partial charge in [-0.25, -0.2) is 0 Å². The second kappa shape index (κ2) is 9.52. The summed E-state index contributed by atoms with van der Waals surface area (Å²) in [6, 6.07) is 0. The highest BCUT2D eigenvalue weighted by Gasteiger charge is 1.87. The van der Waals surface area contributed by atoms with Crippen molar-refractivity contribution in [3.63, 3.8) is 0 Å². The third kappa shape index (κ3) is 9.52. The first kappa shape index (κ1) is 10.5. The van der Waals surface area contributed by atoms with Gasteiger partial charge in [-0.05, 0) is 13.0 Å². The van der Waals surface area contributed by atoms with Gasteiger partial charge in [0, 0.05) is 0 Å². The van der Waals surface area contributed by atoms with Gasteiger partial charge in [-0.1, -0.05) is 38.5 Å². The van der Waals surface area contributed by atoms with Gasteiger partial charge in [-0.2, -0.15) is 0 Å². The van der Waals surface area contributed by atoms with E-state index in [1.165, 1.54) is 32.1 Å². The first-order chi connectivity index (χ1) is 5.41. The molecule has 64 valence electrons. The van der Waals surface area contributed by atoms with Gasteiger partial charge in [0.2, 0.25) is 0 Å². The Morgan fingerprint density at radius 3 is 2.55 bits per heavy atom. The van der Waals surface area contributed by atoms with Gasteiger partial charge in [0.15, 0.2) is 0 Å². The lowest BCUT2D eigenvalue weighted by atomic mass is 10.1. The van der Waals surface area contributed by atoms with Gasteiger partial charge in [-0.3, -0.25) is 0 Å². The fourth-order valence-corrected chi connectivity index (χ4v) is 1.01. The predicted molar refractivity (Wildman–Crippen MR) is 50.5 cm³/mol. The highest BCUT2D eigenvalue weighted by Crippen LogP contribution is 2.00. The molecular weight excluding hydrogens is 134 g/mol. The molecule has 0 unspecified atom stereocenters. The molecule has 0 heterocycles. The molecule has 0 fully saturated rings. The van der Waals surface area contributed by atoms with Gasteiger partial charge in [0.25, 0.3) is 0 Å². The van der Waals surface area contributed by atoms with Crippen molar-refractivity contribution >= 4 is 0 Å². The van der Waals surface area contributed by atoms with Crippen LogP contribution in [0.5, 0.6) is 0 Å². The molecule has 0 aromatic rings. The largest absolute Gasteiger partial charge is 0.306 e. The normalized spacial score (nSPS) is 9.45. The molecule has 1 nitrogen and oxygen atoms in total. The molecule has 0 saturated carbocycles. The van der Waals surface area contributed by atoms with Crippen LogP contribution in [0.2, 0.25) is 0 Å². The molecular formula is C10H19N. The van der Waals surface area contributed by atoms with E-state index in [1.54, 1.807) is 0 Å². The summed E-state index contributed by atoms with van der Waals surface area (Å²) in [5.74, 6) is 2.56. The molecule has 0 amide bonds. The van der Waals surface area contributed by atoms with Crippen LogP contribution in [0.25, 0.3) is 0 Å². The van der Waals surface area contributed by atoms with Crippen molar-refractivity contribution in [3.05, 3.63) is 0 Å². The zero-order valence-corrected chi connectivity index (χ0v) is 7.53. The second-order valence-electron chi connectivity index (χ2n) is 2.80. The zero-order chi connectivity index (χ0) is 8.36. The average molecular weight is 153 g/mol. The molecule has 11 heavy (non-hydrogen) atoms. The van der Waals surface area contributed by atoms with Crippen LogP contribution in [0.4, 0.5) is 0 Å². The Morgan fingerprint density at radius 2 is 1.91 bits per heavy atom. The maximum absolute atomic E-state index is 5.08. The van der Waals surface area contributed by atoms with Crippen LogP contribution in [0.15, 0.2) is 0 Å². The minimum absolute atomic E-state index is 0.716. The van der Waals surface area contributed by atoms with Crippen molar-refractivity contribution in [2.75, 3.05) is 13.1 Å². The molecule has 0 aliphatic rings. The predicted octanol–water partition coefficient (Wildman–Crippen LogP) is 2.18. The van der Waals surface area contributed by atoms with Crippen LogP contribution in [0, 0.1) is 12.3 Å². The highest BCUT2D eigenvalue weighted by molar-refractivity contribution is 4.86. The molecule has 1 N–H and O–H groups in total. The Labute approximate surface area is 70.6 Å². The molecule has 0 aliphatic heterocycles. The summed E-state index contributed by atoms with van der Waals surface area (Å²) in [5.41, 5.74) is 0. The number of terminal acetylenes is 1. The van der Waals surface area contributed by atoms with E-state index in [0.29, 0.717) is 6.54 Å². The summed E-state index contributed by atoms with van der Waals surface area (Å²) < 4.78 is 0. The van der Waals surface area contributed by atoms with E-state index in [2.05, 4.69) is 18.2 Å². The molecule has 0 aliphatic carbocycles. The fraction of sp³-hybridized carbons (Fsp3) is 0.800. The number of rotatable bonds is 7. The lowest BCUT2D eigenvalue weighted by molar-refractivity contribution is 0.602. The van der Waals surface area contributed by atoms with Crippen LogP contribution in [-0.2, 0) is 0 Å². The molecule has 0 spiro atoms. The van der Waals surface area contributed by atoms with Gasteiger partial charge in [0.05, 0.1) is 6.54 Å². The van der Waals surface area contributed by atoms with E-state index in [4.69, 9.17) is 6.42 Å². The highest BCUT2D eigenvalue weighted by atomic mass is 14.8. The van der Waals surface area contributed by atoms with Gasteiger partial charge in [0.1, 0.15) is 0 Å². The minimum atomic E-state index is 0.716. The number of unbranched alkanes of at least 4 members (excludes halogenated alkanes) is 4. The van der Waals surface area contributed by atoms with E-state index in [1.807, 2.05) is 0 Å². The topological polar surface area (TPSA) is 12.0 Å². The van der Waals surface area contributed by atoms with Crippen LogP contribution in [0.3, 0.4) is 0 Å². The van der Waals surface area contributed by atoms with Gasteiger partial charge < -0.3 is 5.32 Å². The summed E-state index contributed by atoms with van der Waals surface area (Å²) in [5, 5.41) is 3.18. The van der Waals surface area contributed by atoms with E-state index in [0.717, 1.165) is 6.54 Å². The number of hydrogen-bond donors (Lipinski definition) is 1. The molecule has 0 atom stereocenters. The first-order valence-corrected chi connectivity index (χ1v) is 4.56. The van der Waals surface area contributed by atoms with Crippen LogP contribution in [-0.4, -0.2) is 13.1 Å². The molecule has 0 saturated heterocycles. The minimum Gasteiger partial charge on any atom is -0.306 e. The Morgan fingerprint density at radius 1 is 1.18 bits per heavy atom. The first-order valence-electron chi connectivity index (χ1n) is 4.56. The summed E-state index contributed by atoms with van der Waals surface area (Å²) in [7, 11) is 0. The number of hydrogen-bond acceptors (Lipinski definition) is 1. The van der Waals surface area contributed by atoms with Crippen LogP contribution in [0.1, 0.15) is 39.0 Å². The third-order valence-electron chi connectivity index (χ3n) is 1.68. The monoisotopic (exact) mass is 153 g/mol. The Hall–Kier alpha value is -0.480. The van der Waals surface area contributed by atoms with Crippen molar-refractivity contribution < 1.29 is 0 Å². The zero-order valence-electron chi connectivity index (χ0n) is 7.53. The van der Waals surface area contributed by atoms with E-state index in [-0.39, 0.29) is 0 Å². The third-order valence-corrected chi connectivity index (χ3v) is 1.68. The SMILES string of the molecule is C#CCNCCCCCCC. The standard InChI is InChI=1S/C10H19N/c1-3-5-6-7-8-10-11-9-4-2/h2,11H,3,5-10H2,1H3. The quantitative estimate of drug-likeness (QED) is 0.436. The summed E-state index contributed by atoms with van der Waals surface area (Å²) >= 11 is 0. The smallest absolute Gasteiger partial charge is 0.0573 e.